The van der Waals surface area contributed by atoms with E-state index in [0.29, 0.717) is 18.1 Å². The predicted octanol–water partition coefficient (Wildman–Crippen LogP) is 3.82. The Bertz CT molecular complexity index is 408. The summed E-state index contributed by atoms with van der Waals surface area (Å²) in [5, 5.41) is 0. The molecule has 2 rings (SSSR count). The lowest BCUT2D eigenvalue weighted by Gasteiger charge is -2.25. The number of rotatable bonds is 3. The third-order valence-electron chi connectivity index (χ3n) is 3.93. The summed E-state index contributed by atoms with van der Waals surface area (Å²) >= 11 is 0. The fraction of sp³-hybridized carbons (Fsp3) is 0.533. The summed E-state index contributed by atoms with van der Waals surface area (Å²) in [7, 11) is 0. The topological polar surface area (TPSA) is 17.1 Å². The van der Waals surface area contributed by atoms with Gasteiger partial charge < -0.3 is 4.79 Å². The van der Waals surface area contributed by atoms with Crippen molar-refractivity contribution in [2.75, 3.05) is 0 Å². The zero-order valence-electron chi connectivity index (χ0n) is 10.4. The molecule has 0 amide bonds. The third kappa shape index (κ3) is 1.91. The fourth-order valence-corrected chi connectivity index (χ4v) is 3.06. The minimum Gasteiger partial charge on any atom is -0.300 e. The van der Waals surface area contributed by atoms with Crippen molar-refractivity contribution < 1.29 is 4.79 Å². The van der Waals surface area contributed by atoms with Crippen LogP contribution in [0, 0.1) is 0 Å². The standard InChI is InChI=1S/C15H20O/c1-11-10-15(3,9-8-12(2)16)14-7-5-4-6-13(11)14/h4-7,11H,8-10H2,1-3H3. The van der Waals surface area contributed by atoms with Crippen molar-refractivity contribution in [3.63, 3.8) is 0 Å². The number of fused-ring (bicyclic) bond motifs is 1. The average Bonchev–Trinajstić information content (AvgIpc) is 2.51. The normalized spacial score (nSPS) is 27.8. The minimum absolute atomic E-state index is 0.210. The Hall–Kier alpha value is -1.11. The average molecular weight is 216 g/mol. The lowest BCUT2D eigenvalue weighted by atomic mass is 9.79. The Kier molecular flexibility index (Phi) is 2.88. The van der Waals surface area contributed by atoms with Crippen LogP contribution >= 0.6 is 0 Å². The summed E-state index contributed by atoms with van der Waals surface area (Å²) in [6.07, 6.45) is 2.88. The smallest absolute Gasteiger partial charge is 0.129 e. The lowest BCUT2D eigenvalue weighted by molar-refractivity contribution is -0.117. The summed E-state index contributed by atoms with van der Waals surface area (Å²) in [5.74, 6) is 0.936. The molecule has 0 N–H and O–H groups in total. The zero-order chi connectivity index (χ0) is 11.8. The second-order valence-electron chi connectivity index (χ2n) is 5.46. The number of hydrogen-bond acceptors (Lipinski definition) is 1. The Morgan fingerprint density at radius 3 is 2.81 bits per heavy atom. The number of benzene rings is 1. The molecular formula is C15H20O. The van der Waals surface area contributed by atoms with E-state index >= 15 is 0 Å². The van der Waals surface area contributed by atoms with E-state index in [1.54, 1.807) is 6.92 Å². The summed E-state index contributed by atoms with van der Waals surface area (Å²) < 4.78 is 0. The van der Waals surface area contributed by atoms with E-state index in [2.05, 4.69) is 38.1 Å². The molecule has 86 valence electrons. The highest BCUT2D eigenvalue weighted by atomic mass is 16.1. The van der Waals surface area contributed by atoms with E-state index in [1.165, 1.54) is 17.5 Å². The van der Waals surface area contributed by atoms with Crippen molar-refractivity contribution in [1.29, 1.82) is 0 Å². The second kappa shape index (κ2) is 4.04. The van der Waals surface area contributed by atoms with Crippen LogP contribution in [0.1, 0.15) is 57.1 Å². The zero-order valence-corrected chi connectivity index (χ0v) is 10.4. The van der Waals surface area contributed by atoms with E-state index in [0.717, 1.165) is 6.42 Å². The minimum atomic E-state index is 0.210. The van der Waals surface area contributed by atoms with Gasteiger partial charge in [0.05, 0.1) is 0 Å². The van der Waals surface area contributed by atoms with Crippen LogP contribution in [0.4, 0.5) is 0 Å². The van der Waals surface area contributed by atoms with Gasteiger partial charge in [-0.15, -0.1) is 0 Å². The fourth-order valence-electron chi connectivity index (χ4n) is 3.06. The molecule has 0 fully saturated rings. The van der Waals surface area contributed by atoms with Crippen LogP contribution in [-0.2, 0) is 10.2 Å². The molecule has 2 atom stereocenters. The SMILES string of the molecule is CC(=O)CCC1(C)CC(C)c2ccccc21. The summed E-state index contributed by atoms with van der Waals surface area (Å²) in [6.45, 7) is 6.28. The molecule has 0 saturated heterocycles. The first-order valence-electron chi connectivity index (χ1n) is 6.12. The van der Waals surface area contributed by atoms with E-state index in [9.17, 15) is 4.79 Å². The van der Waals surface area contributed by atoms with Crippen molar-refractivity contribution >= 4 is 5.78 Å². The maximum atomic E-state index is 11.1. The Labute approximate surface area is 97.9 Å². The van der Waals surface area contributed by atoms with Crippen molar-refractivity contribution in [2.24, 2.45) is 0 Å². The molecule has 1 aliphatic rings. The first-order chi connectivity index (χ1) is 7.53. The van der Waals surface area contributed by atoms with E-state index < -0.39 is 0 Å². The molecule has 1 aromatic carbocycles. The van der Waals surface area contributed by atoms with Gasteiger partial charge in [0.15, 0.2) is 0 Å². The highest BCUT2D eigenvalue weighted by Gasteiger charge is 2.37. The molecule has 1 nitrogen and oxygen atoms in total. The van der Waals surface area contributed by atoms with Crippen molar-refractivity contribution in [3.8, 4) is 0 Å². The highest BCUT2D eigenvalue weighted by molar-refractivity contribution is 5.75. The van der Waals surface area contributed by atoms with Gasteiger partial charge in [-0.25, -0.2) is 0 Å². The molecule has 0 aliphatic heterocycles. The summed E-state index contributed by atoms with van der Waals surface area (Å²) in [5.41, 5.74) is 3.15. The number of carbonyl (C=O) groups is 1. The number of hydrogen-bond donors (Lipinski definition) is 0. The van der Waals surface area contributed by atoms with E-state index in [-0.39, 0.29) is 5.41 Å². The first kappa shape index (κ1) is 11.4. The molecule has 0 heterocycles. The van der Waals surface area contributed by atoms with Crippen LogP contribution in [0.25, 0.3) is 0 Å². The Morgan fingerprint density at radius 2 is 2.12 bits per heavy atom. The van der Waals surface area contributed by atoms with Gasteiger partial charge in [-0.1, -0.05) is 38.1 Å². The molecule has 0 spiro atoms. The maximum absolute atomic E-state index is 11.1. The molecule has 16 heavy (non-hydrogen) atoms. The quantitative estimate of drug-likeness (QED) is 0.750. The van der Waals surface area contributed by atoms with Crippen molar-refractivity contribution in [2.45, 2.75) is 51.4 Å². The first-order valence-corrected chi connectivity index (χ1v) is 6.12. The van der Waals surface area contributed by atoms with Crippen LogP contribution in [0.3, 0.4) is 0 Å². The van der Waals surface area contributed by atoms with Crippen LogP contribution in [-0.4, -0.2) is 5.78 Å². The van der Waals surface area contributed by atoms with Crippen LogP contribution in [0.15, 0.2) is 24.3 Å². The predicted molar refractivity (Wildman–Crippen MR) is 66.7 cm³/mol. The Morgan fingerprint density at radius 1 is 1.44 bits per heavy atom. The largest absolute Gasteiger partial charge is 0.300 e. The van der Waals surface area contributed by atoms with E-state index in [4.69, 9.17) is 0 Å². The highest BCUT2D eigenvalue weighted by Crippen LogP contribution is 2.48. The van der Waals surface area contributed by atoms with Gasteiger partial charge in [-0.2, -0.15) is 0 Å². The van der Waals surface area contributed by atoms with Gasteiger partial charge in [0.2, 0.25) is 0 Å². The van der Waals surface area contributed by atoms with Gasteiger partial charge in [-0.05, 0) is 42.2 Å². The van der Waals surface area contributed by atoms with Gasteiger partial charge in [-0.3, -0.25) is 0 Å². The number of ketones is 1. The van der Waals surface area contributed by atoms with Crippen LogP contribution in [0.2, 0.25) is 0 Å². The molecule has 2 unspecified atom stereocenters. The summed E-state index contributed by atoms with van der Waals surface area (Å²) in [6, 6.07) is 8.70. The van der Waals surface area contributed by atoms with E-state index in [1.807, 2.05) is 0 Å². The monoisotopic (exact) mass is 216 g/mol. The second-order valence-corrected chi connectivity index (χ2v) is 5.46. The molecule has 1 aliphatic carbocycles. The van der Waals surface area contributed by atoms with Gasteiger partial charge in [0, 0.05) is 6.42 Å². The van der Waals surface area contributed by atoms with Gasteiger partial charge >= 0.3 is 0 Å². The van der Waals surface area contributed by atoms with Crippen LogP contribution in [0.5, 0.6) is 0 Å². The van der Waals surface area contributed by atoms with Gasteiger partial charge in [0.1, 0.15) is 5.78 Å². The molecule has 1 heteroatoms. The molecule has 1 aromatic rings. The molecule has 0 saturated carbocycles. The molecule has 0 bridgehead atoms. The molecule has 0 aromatic heterocycles. The van der Waals surface area contributed by atoms with Crippen molar-refractivity contribution in [3.05, 3.63) is 35.4 Å². The lowest BCUT2D eigenvalue weighted by Crippen LogP contribution is -2.19. The summed E-state index contributed by atoms with van der Waals surface area (Å²) in [4.78, 5) is 11.1. The Balaban J connectivity index is 2.28. The molecular weight excluding hydrogens is 196 g/mol. The number of carbonyl (C=O) groups excluding carboxylic acids is 1. The van der Waals surface area contributed by atoms with Crippen molar-refractivity contribution in [1.82, 2.24) is 0 Å². The van der Waals surface area contributed by atoms with Crippen LogP contribution < -0.4 is 0 Å². The third-order valence-corrected chi connectivity index (χ3v) is 3.93. The molecule has 0 radical (unpaired) electrons. The number of Topliss-reactive ketones (excluding diaryl/α,β-unsaturated/α-hetero) is 1. The van der Waals surface area contributed by atoms with Gasteiger partial charge in [0.25, 0.3) is 0 Å². The maximum Gasteiger partial charge on any atom is 0.129 e.